The Morgan fingerprint density at radius 3 is 2.50 bits per heavy atom. The Morgan fingerprint density at radius 2 is 1.91 bits per heavy atom. The van der Waals surface area contributed by atoms with Gasteiger partial charge in [0, 0.05) is 19.6 Å². The second-order valence-electron chi connectivity index (χ2n) is 6.05. The smallest absolute Gasteiger partial charge is 0.237 e. The maximum Gasteiger partial charge on any atom is 0.237 e. The Morgan fingerprint density at radius 1 is 1.32 bits per heavy atom. The molecule has 1 fully saturated rings. The van der Waals surface area contributed by atoms with Crippen LogP contribution in [-0.4, -0.2) is 48.7 Å². The normalized spacial score (nSPS) is 24.0. The summed E-state index contributed by atoms with van der Waals surface area (Å²) in [6.45, 7) is 8.10. The van der Waals surface area contributed by atoms with Crippen molar-refractivity contribution in [3.63, 3.8) is 0 Å². The monoisotopic (exact) mass is 308 g/mol. The standard InChI is InChI=1S/C17H25FN2O2/c1-12-10-20(11-13(2)22-12)14(3)17(21)19-9-8-15-4-6-16(18)7-5-15/h4-7,12-14H,8-11H2,1-3H3,(H,19,21)/t12-,13+,14-/m0/s1. The molecule has 1 saturated heterocycles. The number of morpholine rings is 1. The summed E-state index contributed by atoms with van der Waals surface area (Å²) >= 11 is 0. The van der Waals surface area contributed by atoms with Crippen LogP contribution in [0, 0.1) is 5.82 Å². The largest absolute Gasteiger partial charge is 0.373 e. The molecule has 1 amide bonds. The van der Waals surface area contributed by atoms with Crippen molar-refractivity contribution in [2.75, 3.05) is 19.6 Å². The number of nitrogens with one attached hydrogen (secondary N) is 1. The number of rotatable bonds is 5. The molecule has 0 spiro atoms. The number of hydrogen-bond donors (Lipinski definition) is 1. The van der Waals surface area contributed by atoms with Crippen LogP contribution >= 0.6 is 0 Å². The van der Waals surface area contributed by atoms with Gasteiger partial charge >= 0.3 is 0 Å². The van der Waals surface area contributed by atoms with E-state index >= 15 is 0 Å². The SMILES string of the molecule is C[C@@H]1CN([C@@H](C)C(=O)NCCc2ccc(F)cc2)C[C@H](C)O1. The van der Waals surface area contributed by atoms with Crippen molar-refractivity contribution in [1.29, 1.82) is 0 Å². The highest BCUT2D eigenvalue weighted by molar-refractivity contribution is 5.81. The van der Waals surface area contributed by atoms with E-state index in [1.807, 2.05) is 20.8 Å². The fourth-order valence-corrected chi connectivity index (χ4v) is 2.83. The quantitative estimate of drug-likeness (QED) is 0.904. The lowest BCUT2D eigenvalue weighted by Crippen LogP contribution is -2.54. The first-order valence-corrected chi connectivity index (χ1v) is 7.87. The summed E-state index contributed by atoms with van der Waals surface area (Å²) in [5, 5.41) is 2.96. The van der Waals surface area contributed by atoms with Gasteiger partial charge in [0.2, 0.25) is 5.91 Å². The first kappa shape index (κ1) is 16.9. The maximum atomic E-state index is 12.8. The molecule has 0 aliphatic carbocycles. The Balaban J connectivity index is 1.77. The molecule has 0 radical (unpaired) electrons. The lowest BCUT2D eigenvalue weighted by Gasteiger charge is -2.38. The number of benzene rings is 1. The third-order valence-electron chi connectivity index (χ3n) is 4.00. The van der Waals surface area contributed by atoms with Crippen molar-refractivity contribution < 1.29 is 13.9 Å². The van der Waals surface area contributed by atoms with Crippen LogP contribution in [0.1, 0.15) is 26.3 Å². The summed E-state index contributed by atoms with van der Waals surface area (Å²) in [6, 6.07) is 6.21. The van der Waals surface area contributed by atoms with Gasteiger partial charge in [0.25, 0.3) is 0 Å². The van der Waals surface area contributed by atoms with Crippen molar-refractivity contribution >= 4 is 5.91 Å². The predicted molar refractivity (Wildman–Crippen MR) is 84.2 cm³/mol. The molecule has 0 bridgehead atoms. The zero-order chi connectivity index (χ0) is 16.1. The predicted octanol–water partition coefficient (Wildman–Crippen LogP) is 1.98. The molecule has 1 N–H and O–H groups in total. The Labute approximate surface area is 131 Å². The van der Waals surface area contributed by atoms with Gasteiger partial charge in [0.15, 0.2) is 0 Å². The molecule has 5 heteroatoms. The van der Waals surface area contributed by atoms with Gasteiger partial charge in [-0.15, -0.1) is 0 Å². The molecule has 1 aromatic carbocycles. The number of nitrogens with zero attached hydrogens (tertiary/aromatic N) is 1. The third-order valence-corrected chi connectivity index (χ3v) is 4.00. The average Bonchev–Trinajstić information content (AvgIpc) is 2.47. The van der Waals surface area contributed by atoms with E-state index in [1.54, 1.807) is 12.1 Å². The summed E-state index contributed by atoms with van der Waals surface area (Å²) in [5.41, 5.74) is 1.02. The zero-order valence-corrected chi connectivity index (χ0v) is 13.5. The summed E-state index contributed by atoms with van der Waals surface area (Å²) in [5.74, 6) is -0.208. The number of amides is 1. The zero-order valence-electron chi connectivity index (χ0n) is 13.5. The number of carbonyl (C=O) groups is 1. The molecule has 1 aromatic rings. The summed E-state index contributed by atoms with van der Waals surface area (Å²) in [7, 11) is 0. The first-order valence-electron chi connectivity index (χ1n) is 7.87. The van der Waals surface area contributed by atoms with Gasteiger partial charge in [-0.05, 0) is 44.9 Å². The fourth-order valence-electron chi connectivity index (χ4n) is 2.83. The van der Waals surface area contributed by atoms with E-state index in [0.29, 0.717) is 13.0 Å². The van der Waals surface area contributed by atoms with Crippen LogP contribution in [-0.2, 0) is 16.0 Å². The van der Waals surface area contributed by atoms with Crippen LogP contribution in [0.3, 0.4) is 0 Å². The average molecular weight is 308 g/mol. The molecule has 3 atom stereocenters. The number of hydrogen-bond acceptors (Lipinski definition) is 3. The molecule has 22 heavy (non-hydrogen) atoms. The lowest BCUT2D eigenvalue weighted by molar-refractivity contribution is -0.131. The Bertz CT molecular complexity index is 482. The summed E-state index contributed by atoms with van der Waals surface area (Å²) < 4.78 is 18.5. The minimum atomic E-state index is -0.239. The first-order chi connectivity index (χ1) is 10.5. The van der Waals surface area contributed by atoms with E-state index in [1.165, 1.54) is 12.1 Å². The van der Waals surface area contributed by atoms with E-state index < -0.39 is 0 Å². The van der Waals surface area contributed by atoms with E-state index in [4.69, 9.17) is 4.74 Å². The molecule has 4 nitrogen and oxygen atoms in total. The molecule has 1 aliphatic rings. The highest BCUT2D eigenvalue weighted by Crippen LogP contribution is 2.13. The molecule has 0 unspecified atom stereocenters. The Kier molecular flexibility index (Phi) is 5.91. The van der Waals surface area contributed by atoms with E-state index in [2.05, 4.69) is 10.2 Å². The van der Waals surface area contributed by atoms with Crippen molar-refractivity contribution in [1.82, 2.24) is 10.2 Å². The number of halogens is 1. The van der Waals surface area contributed by atoms with Crippen molar-refractivity contribution in [2.24, 2.45) is 0 Å². The molecular formula is C17H25FN2O2. The fraction of sp³-hybridized carbons (Fsp3) is 0.588. The molecule has 0 saturated carbocycles. The van der Waals surface area contributed by atoms with E-state index in [9.17, 15) is 9.18 Å². The molecule has 122 valence electrons. The van der Waals surface area contributed by atoms with Crippen LogP contribution in [0.25, 0.3) is 0 Å². The number of carbonyl (C=O) groups excluding carboxylic acids is 1. The molecule has 0 aromatic heterocycles. The molecule has 1 aliphatic heterocycles. The maximum absolute atomic E-state index is 12.8. The third kappa shape index (κ3) is 4.78. The van der Waals surface area contributed by atoms with Crippen LogP contribution in [0.4, 0.5) is 4.39 Å². The van der Waals surface area contributed by atoms with Crippen molar-refractivity contribution in [2.45, 2.75) is 45.4 Å². The van der Waals surface area contributed by atoms with Crippen LogP contribution in [0.5, 0.6) is 0 Å². The molecule has 2 rings (SSSR count). The van der Waals surface area contributed by atoms with Gasteiger partial charge in [0.1, 0.15) is 5.82 Å². The second kappa shape index (κ2) is 7.70. The van der Waals surface area contributed by atoms with E-state index in [-0.39, 0.29) is 30.0 Å². The van der Waals surface area contributed by atoms with Crippen LogP contribution in [0.2, 0.25) is 0 Å². The van der Waals surface area contributed by atoms with E-state index in [0.717, 1.165) is 18.7 Å². The van der Waals surface area contributed by atoms with Crippen LogP contribution in [0.15, 0.2) is 24.3 Å². The van der Waals surface area contributed by atoms with Crippen LogP contribution < -0.4 is 5.32 Å². The topological polar surface area (TPSA) is 41.6 Å². The van der Waals surface area contributed by atoms with Gasteiger partial charge in [-0.25, -0.2) is 4.39 Å². The number of ether oxygens (including phenoxy) is 1. The highest BCUT2D eigenvalue weighted by Gasteiger charge is 2.28. The van der Waals surface area contributed by atoms with Crippen molar-refractivity contribution in [3.05, 3.63) is 35.6 Å². The minimum Gasteiger partial charge on any atom is -0.373 e. The van der Waals surface area contributed by atoms with Gasteiger partial charge in [-0.1, -0.05) is 12.1 Å². The van der Waals surface area contributed by atoms with Gasteiger partial charge < -0.3 is 10.1 Å². The van der Waals surface area contributed by atoms with Crippen molar-refractivity contribution in [3.8, 4) is 0 Å². The molecular weight excluding hydrogens is 283 g/mol. The second-order valence-corrected chi connectivity index (χ2v) is 6.05. The van der Waals surface area contributed by atoms with Gasteiger partial charge in [-0.2, -0.15) is 0 Å². The van der Waals surface area contributed by atoms with Gasteiger partial charge in [0.05, 0.1) is 18.2 Å². The Hall–Kier alpha value is -1.46. The lowest BCUT2D eigenvalue weighted by atomic mass is 10.1. The highest BCUT2D eigenvalue weighted by atomic mass is 19.1. The minimum absolute atomic E-state index is 0.0309. The molecule has 1 heterocycles. The van der Waals surface area contributed by atoms with Gasteiger partial charge in [-0.3, -0.25) is 9.69 Å². The summed E-state index contributed by atoms with van der Waals surface area (Å²) in [4.78, 5) is 14.4. The summed E-state index contributed by atoms with van der Waals surface area (Å²) in [6.07, 6.45) is 1.01.